The number of aliphatic hydroxyl groups excluding tert-OH is 1. The molecule has 1 N–H and O–H groups in total. The minimum Gasteiger partial charge on any atom is -0.493 e. The van der Waals surface area contributed by atoms with Gasteiger partial charge in [0, 0.05) is 0 Å². The summed E-state index contributed by atoms with van der Waals surface area (Å²) in [5, 5.41) is 11.3. The van der Waals surface area contributed by atoms with Crippen molar-refractivity contribution in [1.29, 1.82) is 0 Å². The molecule has 0 radical (unpaired) electrons. The topological polar surface area (TPSA) is 111 Å². The molecule has 10 nitrogen and oxygen atoms in total. The first-order chi connectivity index (χ1) is 21.4. The van der Waals surface area contributed by atoms with Gasteiger partial charge < -0.3 is 42.7 Å². The molecule has 2 saturated heterocycles. The van der Waals surface area contributed by atoms with Gasteiger partial charge in [-0.2, -0.15) is 0 Å². The minimum absolute atomic E-state index is 0.0986. The van der Waals surface area contributed by atoms with Crippen LogP contribution in [0.3, 0.4) is 0 Å². The van der Waals surface area contributed by atoms with Gasteiger partial charge >= 0.3 is 6.16 Å². The van der Waals surface area contributed by atoms with E-state index in [9.17, 15) is 9.90 Å². The molecule has 5 rings (SSSR count). The lowest BCUT2D eigenvalue weighted by molar-refractivity contribution is -0.311. The summed E-state index contributed by atoms with van der Waals surface area (Å²) in [5.41, 5.74) is 2.03. The summed E-state index contributed by atoms with van der Waals surface area (Å²) in [5.74, 6) is 0. The molecule has 0 aromatic heterocycles. The van der Waals surface area contributed by atoms with E-state index < -0.39 is 63.5 Å². The molecule has 8 unspecified atom stereocenters. The van der Waals surface area contributed by atoms with Crippen LogP contribution >= 0.6 is 0 Å². The van der Waals surface area contributed by atoms with Crippen molar-refractivity contribution in [2.45, 2.75) is 101 Å². The summed E-state index contributed by atoms with van der Waals surface area (Å²) in [7, 11) is -2.08. The van der Waals surface area contributed by atoms with E-state index in [1.807, 2.05) is 66.7 Å². The average Bonchev–Trinajstić information content (AvgIpc) is 3.46. The van der Waals surface area contributed by atoms with E-state index in [0.717, 1.165) is 29.3 Å². The second-order valence-electron chi connectivity index (χ2n) is 11.4. The first-order valence-corrected chi connectivity index (χ1v) is 18.1. The third-order valence-corrected chi connectivity index (χ3v) is 13.3. The predicted molar refractivity (Wildman–Crippen MR) is 163 cm³/mol. The molecule has 2 fully saturated rings. The largest absolute Gasteiger partial charge is 0.509 e. The first-order valence-electron chi connectivity index (χ1n) is 15.5. The Morgan fingerprint density at radius 2 is 1.36 bits per heavy atom. The molecule has 2 aromatic carbocycles. The van der Waals surface area contributed by atoms with Gasteiger partial charge in [0.2, 0.25) is 0 Å². The number of fused-ring (bicyclic) bond motifs is 1. The van der Waals surface area contributed by atoms with Gasteiger partial charge in [0.05, 0.1) is 38.8 Å². The number of ether oxygens (including phenoxy) is 7. The van der Waals surface area contributed by atoms with E-state index >= 15 is 0 Å². The molecule has 44 heavy (non-hydrogen) atoms. The van der Waals surface area contributed by atoms with Crippen LogP contribution in [0.1, 0.15) is 31.9 Å². The lowest BCUT2D eigenvalue weighted by atomic mass is 9.98. The van der Waals surface area contributed by atoms with Crippen molar-refractivity contribution >= 4 is 14.5 Å². The van der Waals surface area contributed by atoms with E-state index in [1.165, 1.54) is 0 Å². The highest BCUT2D eigenvalue weighted by atomic mass is 28.4. The van der Waals surface area contributed by atoms with Crippen LogP contribution in [0.25, 0.3) is 0 Å². The Kier molecular flexibility index (Phi) is 11.5. The van der Waals surface area contributed by atoms with Gasteiger partial charge in [0.1, 0.15) is 24.4 Å². The monoisotopic (exact) mass is 628 g/mol. The maximum absolute atomic E-state index is 12.1. The molecule has 3 heterocycles. The summed E-state index contributed by atoms with van der Waals surface area (Å²) in [4.78, 5) is 12.1. The molecule has 3 aliphatic rings. The van der Waals surface area contributed by atoms with E-state index in [1.54, 1.807) is 6.26 Å². The fourth-order valence-corrected chi connectivity index (χ4v) is 8.66. The number of aliphatic hydroxyl groups is 1. The van der Waals surface area contributed by atoms with Gasteiger partial charge in [-0.25, -0.2) is 4.79 Å². The third kappa shape index (κ3) is 7.89. The minimum atomic E-state index is -2.08. The maximum atomic E-state index is 12.1. The highest BCUT2D eigenvalue weighted by molar-refractivity contribution is 6.73. The van der Waals surface area contributed by atoms with Crippen molar-refractivity contribution in [3.8, 4) is 0 Å². The number of hydrogen-bond acceptors (Lipinski definition) is 10. The molecule has 0 spiro atoms. The lowest BCUT2D eigenvalue weighted by Gasteiger charge is -2.44. The standard InChI is InChI=1S/C33H44O10Si/c1-4-44(5-2,6-3)43-25-17-18-38-26(21-36-19-23-13-9-7-10-14-23)29(25)40-32-28(34)31-30(41-33(35)42-31)27(39-32)22-37-20-24-15-11-8-12-16-24/h7-18,25-32,34H,4-6,19-22H2,1-3H3. The number of rotatable bonds is 15. The summed E-state index contributed by atoms with van der Waals surface area (Å²) in [6.07, 6.45) is -4.06. The molecule has 0 saturated carbocycles. The average molecular weight is 629 g/mol. The van der Waals surface area contributed by atoms with Gasteiger partial charge in [-0.05, 0) is 35.3 Å². The van der Waals surface area contributed by atoms with Crippen molar-refractivity contribution in [2.75, 3.05) is 13.2 Å². The molecule has 240 valence electrons. The van der Waals surface area contributed by atoms with Gasteiger partial charge in [0.25, 0.3) is 0 Å². The Labute approximate surface area is 260 Å². The Bertz CT molecular complexity index is 1190. The molecule has 0 amide bonds. The quantitative estimate of drug-likeness (QED) is 0.211. The third-order valence-electron chi connectivity index (χ3n) is 8.69. The highest BCUT2D eigenvalue weighted by Gasteiger charge is 2.55. The summed E-state index contributed by atoms with van der Waals surface area (Å²) in [6.45, 7) is 7.57. The summed E-state index contributed by atoms with van der Waals surface area (Å²) >= 11 is 0. The zero-order chi connectivity index (χ0) is 30.9. The van der Waals surface area contributed by atoms with Crippen LogP contribution < -0.4 is 0 Å². The van der Waals surface area contributed by atoms with Crippen molar-refractivity contribution in [2.24, 2.45) is 0 Å². The normalized spacial score (nSPS) is 29.9. The first kappa shape index (κ1) is 32.6. The van der Waals surface area contributed by atoms with Crippen molar-refractivity contribution in [3.63, 3.8) is 0 Å². The fraction of sp³-hybridized carbons (Fsp3) is 0.545. The molecule has 3 aliphatic heterocycles. The Morgan fingerprint density at radius 1 is 0.795 bits per heavy atom. The second kappa shape index (κ2) is 15.5. The second-order valence-corrected chi connectivity index (χ2v) is 16.1. The van der Waals surface area contributed by atoms with Crippen molar-refractivity contribution in [1.82, 2.24) is 0 Å². The van der Waals surface area contributed by atoms with Gasteiger partial charge in [-0.15, -0.1) is 0 Å². The van der Waals surface area contributed by atoms with Crippen molar-refractivity contribution in [3.05, 3.63) is 84.1 Å². The molecule has 0 aliphatic carbocycles. The molecular formula is C33H44O10Si. The van der Waals surface area contributed by atoms with Gasteiger partial charge in [-0.3, -0.25) is 0 Å². The van der Waals surface area contributed by atoms with E-state index in [-0.39, 0.29) is 13.2 Å². The predicted octanol–water partition coefficient (Wildman–Crippen LogP) is 5.10. The summed E-state index contributed by atoms with van der Waals surface area (Å²) < 4.78 is 48.5. The van der Waals surface area contributed by atoms with Gasteiger partial charge in [0.15, 0.2) is 26.8 Å². The fourth-order valence-electron chi connectivity index (χ4n) is 5.87. The Hall–Kier alpha value is -2.77. The number of carbonyl (C=O) groups excluding carboxylic acids is 1. The molecular weight excluding hydrogens is 584 g/mol. The molecule has 8 atom stereocenters. The number of carbonyl (C=O) groups is 1. The highest BCUT2D eigenvalue weighted by Crippen LogP contribution is 2.35. The van der Waals surface area contributed by atoms with E-state index in [4.69, 9.17) is 37.6 Å². The number of benzene rings is 2. The Morgan fingerprint density at radius 3 is 1.95 bits per heavy atom. The van der Waals surface area contributed by atoms with Crippen LogP contribution in [0.5, 0.6) is 0 Å². The Balaban J connectivity index is 1.32. The van der Waals surface area contributed by atoms with Crippen LogP contribution in [0.4, 0.5) is 4.79 Å². The molecule has 0 bridgehead atoms. The smallest absolute Gasteiger partial charge is 0.493 e. The maximum Gasteiger partial charge on any atom is 0.509 e. The van der Waals surface area contributed by atoms with Crippen LogP contribution in [0, 0.1) is 0 Å². The van der Waals surface area contributed by atoms with E-state index in [0.29, 0.717) is 13.2 Å². The van der Waals surface area contributed by atoms with E-state index in [2.05, 4.69) is 20.8 Å². The lowest BCUT2D eigenvalue weighted by Crippen LogP contribution is -2.61. The van der Waals surface area contributed by atoms with Gasteiger partial charge in [-0.1, -0.05) is 81.4 Å². The number of hydrogen-bond donors (Lipinski definition) is 1. The summed E-state index contributed by atoms with van der Waals surface area (Å²) in [6, 6.07) is 22.5. The molecule has 11 heteroatoms. The van der Waals surface area contributed by atoms with Crippen LogP contribution in [-0.2, 0) is 50.8 Å². The molecule has 2 aromatic rings. The van der Waals surface area contributed by atoms with Crippen LogP contribution in [0.15, 0.2) is 73.0 Å². The van der Waals surface area contributed by atoms with Crippen LogP contribution in [-0.4, -0.2) is 81.8 Å². The van der Waals surface area contributed by atoms with Crippen LogP contribution in [0.2, 0.25) is 18.1 Å². The zero-order valence-electron chi connectivity index (χ0n) is 25.6. The zero-order valence-corrected chi connectivity index (χ0v) is 26.6. The van der Waals surface area contributed by atoms with Crippen molar-refractivity contribution < 1.29 is 47.5 Å². The SMILES string of the molecule is CC[Si](CC)(CC)OC1C=COC(COCc2ccccc2)C1OC1OC(COCc2ccccc2)C2OC(=O)OC2C1O.